The lowest BCUT2D eigenvalue weighted by Crippen LogP contribution is -2.63. The first-order valence-corrected chi connectivity index (χ1v) is 8.68. The lowest BCUT2D eigenvalue weighted by atomic mass is 9.43. The molecule has 0 radical (unpaired) electrons. The van der Waals surface area contributed by atoms with Gasteiger partial charge in [-0.25, -0.2) is 0 Å². The van der Waals surface area contributed by atoms with Gasteiger partial charge in [0, 0.05) is 30.4 Å². The molecular weight excluding hydrogens is 258 g/mol. The maximum absolute atomic E-state index is 4.40. The minimum absolute atomic E-state index is 0.400. The van der Waals surface area contributed by atoms with Crippen LogP contribution in [0, 0.1) is 16.7 Å². The van der Waals surface area contributed by atoms with Crippen LogP contribution >= 0.6 is 0 Å². The highest BCUT2D eigenvalue weighted by molar-refractivity contribution is 5.15. The molecule has 0 aliphatic heterocycles. The van der Waals surface area contributed by atoms with E-state index in [9.17, 15) is 0 Å². The van der Waals surface area contributed by atoms with Crippen molar-refractivity contribution in [2.75, 3.05) is 0 Å². The summed E-state index contributed by atoms with van der Waals surface area (Å²) in [4.78, 5) is 0. The maximum atomic E-state index is 4.40. The van der Waals surface area contributed by atoms with E-state index in [1.54, 1.807) is 0 Å². The van der Waals surface area contributed by atoms with Crippen LogP contribution in [0.15, 0.2) is 12.4 Å². The van der Waals surface area contributed by atoms with Gasteiger partial charge in [-0.2, -0.15) is 5.10 Å². The first kappa shape index (κ1) is 13.8. The van der Waals surface area contributed by atoms with Crippen molar-refractivity contribution in [1.29, 1.82) is 0 Å². The highest BCUT2D eigenvalue weighted by Crippen LogP contribution is 2.66. The molecule has 3 nitrogen and oxygen atoms in total. The fourth-order valence-corrected chi connectivity index (χ4v) is 6.61. The van der Waals surface area contributed by atoms with Crippen molar-refractivity contribution in [2.24, 2.45) is 16.7 Å². The molecule has 4 aliphatic carbocycles. The summed E-state index contributed by atoms with van der Waals surface area (Å²) in [5.41, 5.74) is 2.92. The number of aryl methyl sites for hydroxylation is 1. The fourth-order valence-electron chi connectivity index (χ4n) is 6.61. The van der Waals surface area contributed by atoms with Crippen molar-refractivity contribution in [1.82, 2.24) is 15.1 Å². The Labute approximate surface area is 128 Å². The van der Waals surface area contributed by atoms with E-state index in [1.165, 1.54) is 44.1 Å². The Balaban J connectivity index is 1.51. The molecular formula is C18H29N3. The van der Waals surface area contributed by atoms with Crippen molar-refractivity contribution in [2.45, 2.75) is 77.9 Å². The first-order chi connectivity index (χ1) is 9.92. The van der Waals surface area contributed by atoms with Gasteiger partial charge in [-0.1, -0.05) is 13.8 Å². The van der Waals surface area contributed by atoms with E-state index in [4.69, 9.17) is 0 Å². The lowest BCUT2D eigenvalue weighted by molar-refractivity contribution is -0.118. The van der Waals surface area contributed by atoms with Crippen molar-refractivity contribution < 1.29 is 0 Å². The van der Waals surface area contributed by atoms with Crippen molar-refractivity contribution in [3.8, 4) is 0 Å². The van der Waals surface area contributed by atoms with E-state index in [0.29, 0.717) is 16.4 Å². The molecule has 1 aromatic heterocycles. The standard InChI is InChI=1S/C18H29N3/c1-4-21-10-15(9-20-21)8-19-18-7-14-5-16(2,12-18)11-17(3,6-14)13-18/h9-10,14,19H,4-8,11-13H2,1-3H3. The zero-order valence-corrected chi connectivity index (χ0v) is 13.8. The molecule has 4 aliphatic rings. The minimum Gasteiger partial charge on any atom is -0.307 e. The van der Waals surface area contributed by atoms with E-state index in [0.717, 1.165) is 19.0 Å². The van der Waals surface area contributed by atoms with Crippen LogP contribution < -0.4 is 5.32 Å². The monoisotopic (exact) mass is 287 g/mol. The van der Waals surface area contributed by atoms with Crippen molar-refractivity contribution in [3.05, 3.63) is 18.0 Å². The van der Waals surface area contributed by atoms with Crippen molar-refractivity contribution >= 4 is 0 Å². The third-order valence-electron chi connectivity index (χ3n) is 6.30. The third-order valence-corrected chi connectivity index (χ3v) is 6.30. The van der Waals surface area contributed by atoms with Crippen LogP contribution in [0.5, 0.6) is 0 Å². The van der Waals surface area contributed by atoms with Gasteiger partial charge in [0.05, 0.1) is 6.20 Å². The number of hydrogen-bond donors (Lipinski definition) is 1. The van der Waals surface area contributed by atoms with Crippen LogP contribution in [0.1, 0.15) is 64.9 Å². The van der Waals surface area contributed by atoms with Gasteiger partial charge in [0.25, 0.3) is 0 Å². The summed E-state index contributed by atoms with van der Waals surface area (Å²) in [6, 6.07) is 0. The Hall–Kier alpha value is -0.830. The molecule has 4 bridgehead atoms. The van der Waals surface area contributed by atoms with Gasteiger partial charge in [0.1, 0.15) is 0 Å². The van der Waals surface area contributed by atoms with Crippen molar-refractivity contribution in [3.63, 3.8) is 0 Å². The van der Waals surface area contributed by atoms with Gasteiger partial charge < -0.3 is 5.32 Å². The number of aromatic nitrogens is 2. The number of nitrogens with one attached hydrogen (secondary N) is 1. The zero-order chi connectivity index (χ0) is 14.7. The summed E-state index contributed by atoms with van der Waals surface area (Å²) in [6.07, 6.45) is 12.8. The molecule has 0 aromatic carbocycles. The SMILES string of the molecule is CCn1cc(CNC23CC4CC(C)(CC(C)(C4)C2)C3)cn1. The van der Waals surface area contributed by atoms with E-state index in [1.807, 2.05) is 10.9 Å². The van der Waals surface area contributed by atoms with Gasteiger partial charge >= 0.3 is 0 Å². The van der Waals surface area contributed by atoms with Gasteiger partial charge in [0.2, 0.25) is 0 Å². The second-order valence-corrected chi connectivity index (χ2v) is 8.97. The molecule has 0 amide bonds. The van der Waals surface area contributed by atoms with Gasteiger partial charge in [-0.15, -0.1) is 0 Å². The Morgan fingerprint density at radius 1 is 1.19 bits per heavy atom. The van der Waals surface area contributed by atoms with E-state index in [2.05, 4.69) is 37.4 Å². The molecule has 5 rings (SSSR count). The molecule has 0 spiro atoms. The number of nitrogens with zero attached hydrogens (tertiary/aromatic N) is 2. The smallest absolute Gasteiger partial charge is 0.0534 e. The van der Waals surface area contributed by atoms with Crippen LogP contribution in [0.4, 0.5) is 0 Å². The Bertz CT molecular complexity index is 528. The summed E-state index contributed by atoms with van der Waals surface area (Å²) in [7, 11) is 0. The molecule has 116 valence electrons. The molecule has 4 saturated carbocycles. The van der Waals surface area contributed by atoms with Crippen LogP contribution in [-0.4, -0.2) is 15.3 Å². The molecule has 1 heterocycles. The topological polar surface area (TPSA) is 29.9 Å². The predicted octanol–water partition coefficient (Wildman–Crippen LogP) is 3.74. The highest BCUT2D eigenvalue weighted by Gasteiger charge is 2.59. The summed E-state index contributed by atoms with van der Waals surface area (Å²) in [5, 5.41) is 8.38. The molecule has 3 heteroatoms. The normalized spacial score (nSPS) is 44.4. The van der Waals surface area contributed by atoms with E-state index in [-0.39, 0.29) is 0 Å². The number of hydrogen-bond acceptors (Lipinski definition) is 2. The largest absolute Gasteiger partial charge is 0.307 e. The Morgan fingerprint density at radius 2 is 1.90 bits per heavy atom. The lowest BCUT2D eigenvalue weighted by Gasteiger charge is -2.65. The van der Waals surface area contributed by atoms with E-state index >= 15 is 0 Å². The fraction of sp³-hybridized carbons (Fsp3) is 0.833. The summed E-state index contributed by atoms with van der Waals surface area (Å²) in [6.45, 7) is 9.18. The van der Waals surface area contributed by atoms with Crippen LogP contribution in [-0.2, 0) is 13.1 Å². The Kier molecular flexibility index (Phi) is 2.86. The molecule has 1 aromatic rings. The van der Waals surface area contributed by atoms with Gasteiger partial charge in [0.15, 0.2) is 0 Å². The average Bonchev–Trinajstić information content (AvgIpc) is 2.80. The molecule has 2 unspecified atom stereocenters. The molecule has 0 saturated heterocycles. The highest BCUT2D eigenvalue weighted by atomic mass is 15.3. The predicted molar refractivity (Wildman–Crippen MR) is 84.9 cm³/mol. The zero-order valence-electron chi connectivity index (χ0n) is 13.8. The van der Waals surface area contributed by atoms with E-state index < -0.39 is 0 Å². The average molecular weight is 287 g/mol. The second-order valence-electron chi connectivity index (χ2n) is 8.97. The second kappa shape index (κ2) is 4.34. The molecule has 4 fully saturated rings. The minimum atomic E-state index is 0.400. The third kappa shape index (κ3) is 2.34. The van der Waals surface area contributed by atoms with Crippen LogP contribution in [0.25, 0.3) is 0 Å². The number of rotatable bonds is 4. The first-order valence-electron chi connectivity index (χ1n) is 8.68. The van der Waals surface area contributed by atoms with Gasteiger partial charge in [-0.3, -0.25) is 4.68 Å². The van der Waals surface area contributed by atoms with Crippen LogP contribution in [0.2, 0.25) is 0 Å². The summed E-state index contributed by atoms with van der Waals surface area (Å²) < 4.78 is 2.03. The summed E-state index contributed by atoms with van der Waals surface area (Å²) >= 11 is 0. The summed E-state index contributed by atoms with van der Waals surface area (Å²) in [5.74, 6) is 0.960. The molecule has 21 heavy (non-hydrogen) atoms. The maximum Gasteiger partial charge on any atom is 0.0534 e. The quantitative estimate of drug-likeness (QED) is 0.914. The van der Waals surface area contributed by atoms with Gasteiger partial charge in [-0.05, 0) is 62.2 Å². The Morgan fingerprint density at radius 3 is 2.48 bits per heavy atom. The molecule has 1 N–H and O–H groups in total. The molecule has 2 atom stereocenters. The van der Waals surface area contributed by atoms with Crippen LogP contribution in [0.3, 0.4) is 0 Å².